The monoisotopic (exact) mass is 386 g/mol. The van der Waals surface area contributed by atoms with Crippen LogP contribution in [0.3, 0.4) is 0 Å². The zero-order valence-corrected chi connectivity index (χ0v) is 15.3. The fourth-order valence-electron chi connectivity index (χ4n) is 2.26. The van der Waals surface area contributed by atoms with Crippen LogP contribution in [0.15, 0.2) is 41.3 Å². The van der Waals surface area contributed by atoms with Crippen molar-refractivity contribution in [3.63, 3.8) is 0 Å². The number of hydrogen-bond acceptors (Lipinski definition) is 3. The number of benzene rings is 2. The zero-order valence-electron chi connectivity index (χ0n) is 13.0. The molecule has 0 saturated carbocycles. The van der Waals surface area contributed by atoms with Crippen LogP contribution in [0.1, 0.15) is 34.5 Å². The van der Waals surface area contributed by atoms with E-state index in [4.69, 9.17) is 28.3 Å². The first-order valence-corrected chi connectivity index (χ1v) is 9.29. The number of amides is 1. The van der Waals surface area contributed by atoms with Crippen molar-refractivity contribution >= 4 is 39.1 Å². The number of carbonyl (C=O) groups is 1. The Labute approximate surface area is 150 Å². The van der Waals surface area contributed by atoms with Gasteiger partial charge in [0, 0.05) is 15.6 Å². The summed E-state index contributed by atoms with van der Waals surface area (Å²) in [6.07, 6.45) is 0. The molecule has 0 fully saturated rings. The molecule has 8 heteroatoms. The SMILES string of the molecule is Cc1ccc(C(=O)N[C@H](C)c2ccc(Cl)cc2Cl)cc1S(N)(=O)=O. The van der Waals surface area contributed by atoms with Gasteiger partial charge in [0.05, 0.1) is 10.9 Å². The topological polar surface area (TPSA) is 89.3 Å². The second-order valence-corrected chi connectivity index (χ2v) is 7.76. The van der Waals surface area contributed by atoms with Crippen LogP contribution in [-0.4, -0.2) is 14.3 Å². The summed E-state index contributed by atoms with van der Waals surface area (Å²) in [5.74, 6) is -0.432. The molecule has 0 heterocycles. The molecule has 0 radical (unpaired) electrons. The molecule has 128 valence electrons. The number of sulfonamides is 1. The molecule has 0 aromatic heterocycles. The van der Waals surface area contributed by atoms with Crippen LogP contribution in [0.25, 0.3) is 0 Å². The normalized spacial score (nSPS) is 12.7. The third kappa shape index (κ3) is 4.27. The van der Waals surface area contributed by atoms with E-state index in [9.17, 15) is 13.2 Å². The van der Waals surface area contributed by atoms with Gasteiger partial charge in [-0.15, -0.1) is 0 Å². The summed E-state index contributed by atoms with van der Waals surface area (Å²) in [6.45, 7) is 3.37. The lowest BCUT2D eigenvalue weighted by Gasteiger charge is -2.16. The summed E-state index contributed by atoms with van der Waals surface area (Å²) >= 11 is 12.0. The van der Waals surface area contributed by atoms with E-state index in [1.807, 2.05) is 0 Å². The van der Waals surface area contributed by atoms with Crippen molar-refractivity contribution in [2.75, 3.05) is 0 Å². The van der Waals surface area contributed by atoms with Crippen molar-refractivity contribution in [2.45, 2.75) is 24.8 Å². The maximum Gasteiger partial charge on any atom is 0.251 e. The molecule has 0 unspecified atom stereocenters. The second-order valence-electron chi connectivity index (χ2n) is 5.39. The molecule has 0 aliphatic rings. The highest BCUT2D eigenvalue weighted by atomic mass is 35.5. The quantitative estimate of drug-likeness (QED) is 0.842. The lowest BCUT2D eigenvalue weighted by Crippen LogP contribution is -2.27. The molecule has 2 rings (SSSR count). The van der Waals surface area contributed by atoms with Crippen LogP contribution >= 0.6 is 23.2 Å². The number of aryl methyl sites for hydroxylation is 1. The molecule has 1 amide bonds. The van der Waals surface area contributed by atoms with E-state index in [0.717, 1.165) is 0 Å². The summed E-state index contributed by atoms with van der Waals surface area (Å²) in [7, 11) is -3.90. The largest absolute Gasteiger partial charge is 0.345 e. The number of hydrogen-bond donors (Lipinski definition) is 2. The Balaban J connectivity index is 2.27. The minimum atomic E-state index is -3.90. The molecule has 3 N–H and O–H groups in total. The number of nitrogens with two attached hydrogens (primary N) is 1. The van der Waals surface area contributed by atoms with Crippen molar-refractivity contribution in [3.8, 4) is 0 Å². The van der Waals surface area contributed by atoms with Gasteiger partial charge in [0.15, 0.2) is 0 Å². The average molecular weight is 387 g/mol. The minimum absolute atomic E-state index is 0.0765. The van der Waals surface area contributed by atoms with Gasteiger partial charge in [-0.3, -0.25) is 4.79 Å². The molecule has 2 aromatic carbocycles. The standard InChI is InChI=1S/C16H16Cl2N2O3S/c1-9-3-4-11(7-15(9)24(19,22)23)16(21)20-10(2)13-6-5-12(17)8-14(13)18/h3-8,10H,1-2H3,(H,20,21)(H2,19,22,23)/t10-/m1/s1. The van der Waals surface area contributed by atoms with E-state index in [1.165, 1.54) is 18.2 Å². The van der Waals surface area contributed by atoms with Crippen molar-refractivity contribution in [3.05, 3.63) is 63.1 Å². The van der Waals surface area contributed by atoms with Crippen LogP contribution < -0.4 is 10.5 Å². The van der Waals surface area contributed by atoms with Gasteiger partial charge in [0.25, 0.3) is 5.91 Å². The number of rotatable bonds is 4. The maximum absolute atomic E-state index is 12.4. The van der Waals surface area contributed by atoms with Crippen molar-refractivity contribution in [1.29, 1.82) is 0 Å². The number of halogens is 2. The fraction of sp³-hybridized carbons (Fsp3) is 0.188. The van der Waals surface area contributed by atoms with Crippen molar-refractivity contribution < 1.29 is 13.2 Å². The van der Waals surface area contributed by atoms with Crippen LogP contribution in [-0.2, 0) is 10.0 Å². The van der Waals surface area contributed by atoms with E-state index in [0.29, 0.717) is 21.2 Å². The summed E-state index contributed by atoms with van der Waals surface area (Å²) in [5, 5.41) is 8.87. The molecule has 2 aromatic rings. The van der Waals surface area contributed by atoms with Gasteiger partial charge in [-0.05, 0) is 49.2 Å². The van der Waals surface area contributed by atoms with Crippen LogP contribution in [0.4, 0.5) is 0 Å². The Kier molecular flexibility index (Phi) is 5.55. The Morgan fingerprint density at radius 1 is 1.17 bits per heavy atom. The molecule has 0 aliphatic heterocycles. The zero-order chi connectivity index (χ0) is 18.1. The van der Waals surface area contributed by atoms with E-state index in [1.54, 1.807) is 32.0 Å². The van der Waals surface area contributed by atoms with Crippen LogP contribution in [0, 0.1) is 6.92 Å². The molecule has 24 heavy (non-hydrogen) atoms. The summed E-state index contributed by atoms with van der Waals surface area (Å²) in [5.41, 5.74) is 1.37. The number of carbonyl (C=O) groups excluding carboxylic acids is 1. The average Bonchev–Trinajstić information content (AvgIpc) is 2.46. The Morgan fingerprint density at radius 3 is 2.42 bits per heavy atom. The molecule has 0 saturated heterocycles. The maximum atomic E-state index is 12.4. The summed E-state index contributed by atoms with van der Waals surface area (Å²) in [6, 6.07) is 8.94. The van der Waals surface area contributed by atoms with Gasteiger partial charge in [-0.25, -0.2) is 13.6 Å². The molecule has 0 bridgehead atoms. The van der Waals surface area contributed by atoms with E-state index in [2.05, 4.69) is 5.32 Å². The molecule has 5 nitrogen and oxygen atoms in total. The Morgan fingerprint density at radius 2 is 1.83 bits per heavy atom. The van der Waals surface area contributed by atoms with Gasteiger partial charge < -0.3 is 5.32 Å². The highest BCUT2D eigenvalue weighted by Gasteiger charge is 2.18. The highest BCUT2D eigenvalue weighted by molar-refractivity contribution is 7.89. The van der Waals surface area contributed by atoms with E-state index < -0.39 is 15.9 Å². The van der Waals surface area contributed by atoms with Crippen molar-refractivity contribution in [1.82, 2.24) is 5.32 Å². The number of primary sulfonamides is 1. The second kappa shape index (κ2) is 7.11. The van der Waals surface area contributed by atoms with Gasteiger partial charge in [-0.1, -0.05) is 35.3 Å². The highest BCUT2D eigenvalue weighted by Crippen LogP contribution is 2.26. The summed E-state index contributed by atoms with van der Waals surface area (Å²) < 4.78 is 23.1. The van der Waals surface area contributed by atoms with Crippen LogP contribution in [0.2, 0.25) is 10.0 Å². The van der Waals surface area contributed by atoms with E-state index in [-0.39, 0.29) is 16.5 Å². The predicted octanol–water partition coefficient (Wildman–Crippen LogP) is 3.44. The first-order valence-electron chi connectivity index (χ1n) is 6.99. The van der Waals surface area contributed by atoms with Gasteiger partial charge in [0.2, 0.25) is 10.0 Å². The van der Waals surface area contributed by atoms with Gasteiger partial charge in [-0.2, -0.15) is 0 Å². The molecular formula is C16H16Cl2N2O3S. The Bertz CT molecular complexity index is 898. The lowest BCUT2D eigenvalue weighted by atomic mass is 10.1. The molecule has 1 atom stereocenters. The minimum Gasteiger partial charge on any atom is -0.345 e. The first-order chi connectivity index (χ1) is 11.1. The predicted molar refractivity (Wildman–Crippen MR) is 94.9 cm³/mol. The van der Waals surface area contributed by atoms with Crippen LogP contribution in [0.5, 0.6) is 0 Å². The smallest absolute Gasteiger partial charge is 0.251 e. The van der Waals surface area contributed by atoms with Gasteiger partial charge >= 0.3 is 0 Å². The van der Waals surface area contributed by atoms with E-state index >= 15 is 0 Å². The molecule has 0 spiro atoms. The fourth-order valence-corrected chi connectivity index (χ4v) is 3.64. The summed E-state index contributed by atoms with van der Waals surface area (Å²) in [4.78, 5) is 12.3. The molecule has 0 aliphatic carbocycles. The third-order valence-corrected chi connectivity index (χ3v) is 5.15. The lowest BCUT2D eigenvalue weighted by molar-refractivity contribution is 0.0939. The Hall–Kier alpha value is -1.60. The molecular weight excluding hydrogens is 371 g/mol. The first kappa shape index (κ1) is 18.7. The van der Waals surface area contributed by atoms with Crippen molar-refractivity contribution in [2.24, 2.45) is 5.14 Å². The third-order valence-electron chi connectivity index (χ3n) is 3.53. The van der Waals surface area contributed by atoms with Gasteiger partial charge in [0.1, 0.15) is 0 Å². The number of nitrogens with one attached hydrogen (secondary N) is 1.